The highest BCUT2D eigenvalue weighted by Gasteiger charge is 2.38. The molecule has 24 aromatic carbocycles. The average molecular weight is 1860 g/mol. The Morgan fingerprint density at radius 3 is 0.607 bits per heavy atom. The number of hydrogen-bond acceptors (Lipinski definition) is 3. The minimum Gasteiger partial charge on any atom is -0.310 e. The molecule has 0 saturated heterocycles. The van der Waals surface area contributed by atoms with E-state index in [0.29, 0.717) is 5.92 Å². The van der Waals surface area contributed by atoms with Gasteiger partial charge in [-0.05, 0) is 404 Å². The number of benzene rings is 24. The summed E-state index contributed by atoms with van der Waals surface area (Å²) in [5.41, 5.74) is 48.7. The molecular weight excluding hydrogens is 1750 g/mol. The quantitative estimate of drug-likeness (QED) is 0.0955. The van der Waals surface area contributed by atoms with Gasteiger partial charge in [-0.25, -0.2) is 0 Å². The Kier molecular flexibility index (Phi) is 22.4. The average Bonchev–Trinajstić information content (AvgIpc) is 0.694. The van der Waals surface area contributed by atoms with Crippen LogP contribution in [0.1, 0.15) is 68.4 Å². The second-order valence-electron chi connectivity index (χ2n) is 40.4. The van der Waals surface area contributed by atoms with Crippen LogP contribution in [-0.4, -0.2) is 0 Å². The molecule has 0 fully saturated rings. The number of hydrogen-bond donors (Lipinski definition) is 0. The van der Waals surface area contributed by atoms with Crippen LogP contribution in [0.3, 0.4) is 0 Å². The SMILES string of the molecule is CC(C)(C)c1ccc(N(c2ccccc2)c2ccc3cc4c(cc3c2)-c2c-4c(-c3ccccc3)c3ccccc3c2-c2ccccc2)cc1.CC(C)c1ccc(N(c2ccccc2)c2ccc3cc4c(cc3c2)-c2c-4c(-c3ccccc3)c3ccccc3c2-c2ccccc2)cc1.Cc1cc(N(c2ccccc2)c2ccc3cc4c(cc3c2)-c2c-4c(-c3ccccc3)c3ccccc3c2-c2ccccc2)cc(C)c1C. The van der Waals surface area contributed by atoms with Crippen molar-refractivity contribution >= 4 is 116 Å². The lowest BCUT2D eigenvalue weighted by Gasteiger charge is -2.33. The predicted molar refractivity (Wildman–Crippen MR) is 621 cm³/mol. The zero-order chi connectivity index (χ0) is 97.7. The largest absolute Gasteiger partial charge is 0.310 e. The minimum absolute atomic E-state index is 0.0987. The third-order valence-electron chi connectivity index (χ3n) is 30.3. The zero-order valence-corrected chi connectivity index (χ0v) is 82.8. The van der Waals surface area contributed by atoms with Crippen LogP contribution in [0.25, 0.3) is 198 Å². The summed E-state index contributed by atoms with van der Waals surface area (Å²) in [7, 11) is 0. The van der Waals surface area contributed by atoms with Crippen molar-refractivity contribution in [3.8, 4) is 134 Å². The van der Waals surface area contributed by atoms with E-state index in [-0.39, 0.29) is 5.41 Å². The van der Waals surface area contributed by atoms with Crippen molar-refractivity contribution in [3.63, 3.8) is 0 Å². The highest BCUT2D eigenvalue weighted by atomic mass is 15.2. The Morgan fingerprint density at radius 1 is 0.172 bits per heavy atom. The molecule has 690 valence electrons. The smallest absolute Gasteiger partial charge is 0.0468 e. The van der Waals surface area contributed by atoms with Gasteiger partial charge in [-0.3, -0.25) is 0 Å². The van der Waals surface area contributed by atoms with E-state index < -0.39 is 0 Å². The first-order chi connectivity index (χ1) is 71.2. The van der Waals surface area contributed by atoms with Crippen molar-refractivity contribution in [1.82, 2.24) is 0 Å². The molecule has 0 unspecified atom stereocenters. The molecule has 3 aliphatic carbocycles. The van der Waals surface area contributed by atoms with Crippen LogP contribution >= 0.6 is 0 Å². The lowest BCUT2D eigenvalue weighted by atomic mass is 9.70. The molecular formula is C142H107N3. The zero-order valence-electron chi connectivity index (χ0n) is 82.8. The number of para-hydroxylation sites is 3. The molecule has 0 bridgehead atoms. The maximum Gasteiger partial charge on any atom is 0.0468 e. The molecule has 24 aromatic rings. The standard InChI is InChI=1S/C48H37N.2C47H35N/c1-48(2,3)36-24-27-38(28-25-36)49(37-19-11-6-12-20-37)39-26-23-34-30-42-43(31-35(34)29-39)47-45(33-17-9-5-10-18-33)41-22-14-13-21-40(41)44(46(42)47)32-15-7-4-8-16-32;1-30-25-39(26-31(2)32(30)3)48(37-19-11-6-12-20-37)38-24-23-35-28-42-43(29-36(35)27-38)47-45(34-17-9-5-10-18-34)41-22-14-13-21-40(41)44(46(42)47)33-15-7-4-8-16-33;1-31(2)32-22-25-38(26-23-32)48(37-18-10-5-11-19-37)39-27-24-35-29-42-43(30-36(35)28-39)47-45(34-16-8-4-9-17-34)41-21-13-12-20-40(41)44(46(42)47)33-14-6-3-7-15-33/h4-31H,1-3H3;4-29H,1-3H3;3-31H,1-2H3. The summed E-state index contributed by atoms with van der Waals surface area (Å²) in [5.74, 6) is 0.492. The summed E-state index contributed by atoms with van der Waals surface area (Å²) < 4.78 is 0. The second-order valence-corrected chi connectivity index (χ2v) is 40.4. The first-order valence-electron chi connectivity index (χ1n) is 50.9. The molecule has 0 N–H and O–H groups in total. The van der Waals surface area contributed by atoms with Gasteiger partial charge in [0.15, 0.2) is 0 Å². The van der Waals surface area contributed by atoms with Crippen LogP contribution in [0, 0.1) is 20.8 Å². The summed E-state index contributed by atoms with van der Waals surface area (Å²) in [6.45, 7) is 17.9. The Bertz CT molecular complexity index is 9110. The molecule has 3 nitrogen and oxygen atoms in total. The fraction of sp³-hybridized carbons (Fsp3) is 0.0704. The van der Waals surface area contributed by atoms with Crippen molar-refractivity contribution in [2.45, 2.75) is 66.7 Å². The maximum atomic E-state index is 2.43. The topological polar surface area (TPSA) is 9.72 Å². The van der Waals surface area contributed by atoms with Gasteiger partial charge >= 0.3 is 0 Å². The molecule has 145 heavy (non-hydrogen) atoms. The summed E-state index contributed by atoms with van der Waals surface area (Å²) in [4.78, 5) is 7.13. The first-order valence-corrected chi connectivity index (χ1v) is 50.9. The van der Waals surface area contributed by atoms with Gasteiger partial charge in [-0.1, -0.05) is 386 Å². The van der Waals surface area contributed by atoms with Crippen LogP contribution in [0.15, 0.2) is 497 Å². The van der Waals surface area contributed by atoms with E-state index in [4.69, 9.17) is 0 Å². The number of aryl methyl sites for hydroxylation is 2. The molecule has 0 amide bonds. The molecule has 0 spiro atoms. The van der Waals surface area contributed by atoms with Gasteiger partial charge in [0.2, 0.25) is 0 Å². The highest BCUT2D eigenvalue weighted by molar-refractivity contribution is 6.30. The van der Waals surface area contributed by atoms with E-state index in [1.165, 1.54) is 232 Å². The summed E-state index contributed by atoms with van der Waals surface area (Å²) in [6.07, 6.45) is 0. The number of anilines is 9. The molecule has 0 aliphatic heterocycles. The first kappa shape index (κ1) is 88.7. The fourth-order valence-electron chi connectivity index (χ4n) is 23.0. The van der Waals surface area contributed by atoms with Crippen molar-refractivity contribution in [3.05, 3.63) is 525 Å². The van der Waals surface area contributed by atoms with E-state index in [1.807, 2.05) is 0 Å². The second kappa shape index (κ2) is 36.7. The third-order valence-corrected chi connectivity index (χ3v) is 30.3. The molecule has 0 aromatic heterocycles. The van der Waals surface area contributed by atoms with E-state index >= 15 is 0 Å². The van der Waals surface area contributed by atoms with Gasteiger partial charge in [-0.2, -0.15) is 0 Å². The lowest BCUT2D eigenvalue weighted by molar-refractivity contribution is 0.590. The van der Waals surface area contributed by atoms with Crippen molar-refractivity contribution in [2.24, 2.45) is 0 Å². The minimum atomic E-state index is 0.0987. The van der Waals surface area contributed by atoms with E-state index in [0.717, 1.165) is 45.5 Å². The Balaban J connectivity index is 0.000000114. The lowest BCUT2D eigenvalue weighted by Crippen LogP contribution is -2.13. The Morgan fingerprint density at radius 2 is 0.372 bits per heavy atom. The van der Waals surface area contributed by atoms with E-state index in [1.54, 1.807) is 0 Å². The molecule has 0 saturated carbocycles. The molecule has 0 atom stereocenters. The summed E-state index contributed by atoms with van der Waals surface area (Å²) >= 11 is 0. The van der Waals surface area contributed by atoms with Crippen LogP contribution in [0.4, 0.5) is 51.2 Å². The molecule has 27 rings (SSSR count). The van der Waals surface area contributed by atoms with Crippen molar-refractivity contribution in [2.75, 3.05) is 14.7 Å². The number of rotatable bonds is 16. The molecule has 3 heteroatoms. The summed E-state index contributed by atoms with van der Waals surface area (Å²) in [6, 6.07) is 182. The number of nitrogens with zero attached hydrogens (tertiary/aromatic N) is 3. The summed E-state index contributed by atoms with van der Waals surface area (Å²) in [5, 5.41) is 15.2. The van der Waals surface area contributed by atoms with Gasteiger partial charge in [0.25, 0.3) is 0 Å². The molecule has 3 aliphatic rings. The van der Waals surface area contributed by atoms with Crippen LogP contribution in [0.5, 0.6) is 0 Å². The van der Waals surface area contributed by atoms with E-state index in [2.05, 4.69) is 568 Å². The van der Waals surface area contributed by atoms with Crippen molar-refractivity contribution in [1.29, 1.82) is 0 Å². The van der Waals surface area contributed by atoms with Crippen LogP contribution in [0.2, 0.25) is 0 Å². The highest BCUT2D eigenvalue weighted by Crippen LogP contribution is 2.64. The third kappa shape index (κ3) is 15.7. The molecule has 0 heterocycles. The van der Waals surface area contributed by atoms with Crippen molar-refractivity contribution < 1.29 is 0 Å². The van der Waals surface area contributed by atoms with E-state index in [9.17, 15) is 0 Å². The normalized spacial score (nSPS) is 11.8. The fourth-order valence-corrected chi connectivity index (χ4v) is 23.0. The van der Waals surface area contributed by atoms with Gasteiger partial charge in [0.05, 0.1) is 0 Å². The maximum absolute atomic E-state index is 2.43. The van der Waals surface area contributed by atoms with Gasteiger partial charge in [-0.15, -0.1) is 0 Å². The van der Waals surface area contributed by atoms with Crippen LogP contribution in [-0.2, 0) is 5.41 Å². The van der Waals surface area contributed by atoms with Crippen LogP contribution < -0.4 is 14.7 Å². The van der Waals surface area contributed by atoms with Gasteiger partial charge in [0.1, 0.15) is 0 Å². The van der Waals surface area contributed by atoms with Gasteiger partial charge < -0.3 is 14.7 Å². The predicted octanol–water partition coefficient (Wildman–Crippen LogP) is 40.7. The Labute approximate surface area is 849 Å². The molecule has 0 radical (unpaired) electrons. The van der Waals surface area contributed by atoms with Gasteiger partial charge in [0, 0.05) is 51.2 Å². The number of fused-ring (bicyclic) bond motifs is 18. The Hall–Kier alpha value is -17.8. The monoisotopic (exact) mass is 1850 g/mol.